The molecular formula is C17H18O4S. The molecule has 0 aliphatic carbocycles. The Kier molecular flexibility index (Phi) is 5.83. The minimum atomic E-state index is -0.878. The quantitative estimate of drug-likeness (QED) is 0.624. The Morgan fingerprint density at radius 2 is 1.91 bits per heavy atom. The third kappa shape index (κ3) is 4.49. The van der Waals surface area contributed by atoms with E-state index in [0.29, 0.717) is 12.2 Å². The average molecular weight is 318 g/mol. The molecule has 22 heavy (non-hydrogen) atoms. The zero-order chi connectivity index (χ0) is 15.9. The van der Waals surface area contributed by atoms with Crippen LogP contribution in [-0.4, -0.2) is 29.9 Å². The van der Waals surface area contributed by atoms with E-state index in [1.165, 1.54) is 18.9 Å². The molecule has 2 aromatic carbocycles. The fraction of sp³-hybridized carbons (Fsp3) is 0.294. The highest BCUT2D eigenvalue weighted by Gasteiger charge is 2.19. The van der Waals surface area contributed by atoms with Gasteiger partial charge in [0.25, 0.3) is 0 Å². The summed E-state index contributed by atoms with van der Waals surface area (Å²) in [5.41, 5.74) is 0. The molecular weight excluding hydrogens is 300 g/mol. The van der Waals surface area contributed by atoms with Gasteiger partial charge in [-0.05, 0) is 29.3 Å². The first-order chi connectivity index (χ1) is 10.6. The van der Waals surface area contributed by atoms with Gasteiger partial charge in [0.05, 0.1) is 13.0 Å². The molecule has 0 radical (unpaired) electrons. The predicted octanol–water partition coefficient (Wildman–Crippen LogP) is 3.59. The van der Waals surface area contributed by atoms with Crippen molar-refractivity contribution < 1.29 is 19.4 Å². The molecule has 0 aliphatic rings. The van der Waals surface area contributed by atoms with Crippen LogP contribution in [0.5, 0.6) is 0 Å². The van der Waals surface area contributed by atoms with Crippen LogP contribution in [-0.2, 0) is 14.3 Å². The van der Waals surface area contributed by atoms with Crippen LogP contribution in [0.15, 0.2) is 47.4 Å². The molecule has 1 N–H and O–H groups in total. The standard InChI is InChI=1S/C17H18O4S/c1-21-16(18)9-7-14(17(19)20)11-22-15-8-6-12-4-2-3-5-13(12)10-15/h2-6,8,10,14H,7,9,11H2,1H3,(H,19,20). The summed E-state index contributed by atoms with van der Waals surface area (Å²) in [6, 6.07) is 14.1. The molecule has 1 unspecified atom stereocenters. The van der Waals surface area contributed by atoms with E-state index in [2.05, 4.69) is 10.8 Å². The number of methoxy groups -OCH3 is 1. The van der Waals surface area contributed by atoms with Gasteiger partial charge < -0.3 is 9.84 Å². The van der Waals surface area contributed by atoms with Gasteiger partial charge in [-0.15, -0.1) is 11.8 Å². The molecule has 4 nitrogen and oxygen atoms in total. The predicted molar refractivity (Wildman–Crippen MR) is 87.0 cm³/mol. The van der Waals surface area contributed by atoms with Gasteiger partial charge in [-0.3, -0.25) is 9.59 Å². The molecule has 0 heterocycles. The highest BCUT2D eigenvalue weighted by atomic mass is 32.2. The summed E-state index contributed by atoms with van der Waals surface area (Å²) < 4.78 is 4.55. The highest BCUT2D eigenvalue weighted by molar-refractivity contribution is 7.99. The van der Waals surface area contributed by atoms with Gasteiger partial charge in [-0.25, -0.2) is 0 Å². The Morgan fingerprint density at radius 3 is 2.59 bits per heavy atom. The van der Waals surface area contributed by atoms with E-state index < -0.39 is 11.9 Å². The number of carbonyl (C=O) groups excluding carboxylic acids is 1. The van der Waals surface area contributed by atoms with Crippen LogP contribution < -0.4 is 0 Å². The van der Waals surface area contributed by atoms with Crippen LogP contribution >= 0.6 is 11.8 Å². The second-order valence-corrected chi connectivity index (χ2v) is 6.06. The SMILES string of the molecule is COC(=O)CCC(CSc1ccc2ccccc2c1)C(=O)O. The monoisotopic (exact) mass is 318 g/mol. The maximum absolute atomic E-state index is 11.3. The van der Waals surface area contributed by atoms with Crippen molar-refractivity contribution in [2.24, 2.45) is 5.92 Å². The van der Waals surface area contributed by atoms with E-state index in [1.54, 1.807) is 0 Å². The molecule has 0 amide bonds. The molecule has 0 saturated heterocycles. The summed E-state index contributed by atoms with van der Waals surface area (Å²) >= 11 is 1.50. The van der Waals surface area contributed by atoms with E-state index in [4.69, 9.17) is 0 Å². The third-order valence-electron chi connectivity index (χ3n) is 3.45. The Labute approximate surface area is 133 Å². The molecule has 0 aliphatic heterocycles. The molecule has 0 spiro atoms. The first-order valence-electron chi connectivity index (χ1n) is 7.01. The second-order valence-electron chi connectivity index (χ2n) is 4.97. The molecule has 2 aromatic rings. The minimum Gasteiger partial charge on any atom is -0.481 e. The van der Waals surface area contributed by atoms with Crippen molar-refractivity contribution >= 4 is 34.5 Å². The molecule has 1 atom stereocenters. The maximum atomic E-state index is 11.3. The number of rotatable bonds is 7. The van der Waals surface area contributed by atoms with Crippen molar-refractivity contribution in [2.75, 3.05) is 12.9 Å². The summed E-state index contributed by atoms with van der Waals surface area (Å²) in [4.78, 5) is 23.4. The van der Waals surface area contributed by atoms with E-state index in [-0.39, 0.29) is 12.4 Å². The maximum Gasteiger partial charge on any atom is 0.307 e. The van der Waals surface area contributed by atoms with Crippen molar-refractivity contribution in [3.8, 4) is 0 Å². The highest BCUT2D eigenvalue weighted by Crippen LogP contribution is 2.26. The van der Waals surface area contributed by atoms with E-state index in [9.17, 15) is 14.7 Å². The average Bonchev–Trinajstić information content (AvgIpc) is 2.54. The van der Waals surface area contributed by atoms with Crippen molar-refractivity contribution in [1.82, 2.24) is 0 Å². The molecule has 116 valence electrons. The first kappa shape index (κ1) is 16.4. The van der Waals surface area contributed by atoms with Gasteiger partial charge in [-0.1, -0.05) is 30.3 Å². The normalized spacial score (nSPS) is 12.0. The number of fused-ring (bicyclic) bond motifs is 1. The lowest BCUT2D eigenvalue weighted by Crippen LogP contribution is -2.18. The number of ether oxygens (including phenoxy) is 1. The second kappa shape index (κ2) is 7.84. The van der Waals surface area contributed by atoms with Crippen LogP contribution in [0.3, 0.4) is 0 Å². The molecule has 0 bridgehead atoms. The number of hydrogen-bond acceptors (Lipinski definition) is 4. The zero-order valence-corrected chi connectivity index (χ0v) is 13.1. The Hall–Kier alpha value is -2.01. The lowest BCUT2D eigenvalue weighted by Gasteiger charge is -2.11. The smallest absolute Gasteiger partial charge is 0.307 e. The van der Waals surface area contributed by atoms with E-state index >= 15 is 0 Å². The Balaban J connectivity index is 1.98. The van der Waals surface area contributed by atoms with Crippen LogP contribution in [0, 0.1) is 5.92 Å². The summed E-state index contributed by atoms with van der Waals surface area (Å²) in [5.74, 6) is -1.38. The minimum absolute atomic E-state index is 0.131. The lowest BCUT2D eigenvalue weighted by atomic mass is 10.1. The molecule has 0 aromatic heterocycles. The summed E-state index contributed by atoms with van der Waals surface area (Å²) in [7, 11) is 1.31. The number of benzene rings is 2. The largest absolute Gasteiger partial charge is 0.481 e. The molecule has 0 saturated carbocycles. The number of hydrogen-bond donors (Lipinski definition) is 1. The fourth-order valence-electron chi connectivity index (χ4n) is 2.13. The van der Waals surface area contributed by atoms with Crippen LogP contribution in [0.2, 0.25) is 0 Å². The van der Waals surface area contributed by atoms with Crippen LogP contribution in [0.25, 0.3) is 10.8 Å². The van der Waals surface area contributed by atoms with E-state index in [0.717, 1.165) is 15.7 Å². The van der Waals surface area contributed by atoms with Crippen molar-refractivity contribution in [3.63, 3.8) is 0 Å². The van der Waals surface area contributed by atoms with Gasteiger partial charge in [0.1, 0.15) is 0 Å². The van der Waals surface area contributed by atoms with Crippen molar-refractivity contribution in [1.29, 1.82) is 0 Å². The molecule has 2 rings (SSSR count). The number of carbonyl (C=O) groups is 2. The van der Waals surface area contributed by atoms with Gasteiger partial charge in [0.2, 0.25) is 0 Å². The molecule has 0 fully saturated rings. The first-order valence-corrected chi connectivity index (χ1v) is 8.00. The number of carboxylic acids is 1. The van der Waals surface area contributed by atoms with E-state index in [1.807, 2.05) is 36.4 Å². The summed E-state index contributed by atoms with van der Waals surface area (Å²) in [6.07, 6.45) is 0.425. The lowest BCUT2D eigenvalue weighted by molar-refractivity contribution is -0.143. The number of thioether (sulfide) groups is 1. The topological polar surface area (TPSA) is 63.6 Å². The van der Waals surface area contributed by atoms with Crippen LogP contribution in [0.4, 0.5) is 0 Å². The number of esters is 1. The van der Waals surface area contributed by atoms with Gasteiger partial charge in [-0.2, -0.15) is 0 Å². The number of aliphatic carboxylic acids is 1. The Bertz CT molecular complexity index is 669. The van der Waals surface area contributed by atoms with Crippen molar-refractivity contribution in [2.45, 2.75) is 17.7 Å². The third-order valence-corrected chi connectivity index (χ3v) is 4.60. The summed E-state index contributed by atoms with van der Waals surface area (Å²) in [6.45, 7) is 0. The van der Waals surface area contributed by atoms with Gasteiger partial charge in [0.15, 0.2) is 0 Å². The zero-order valence-electron chi connectivity index (χ0n) is 12.3. The Morgan fingerprint density at radius 1 is 1.18 bits per heavy atom. The summed E-state index contributed by atoms with van der Waals surface area (Å²) in [5, 5.41) is 11.5. The van der Waals surface area contributed by atoms with Crippen molar-refractivity contribution in [3.05, 3.63) is 42.5 Å². The van der Waals surface area contributed by atoms with Crippen LogP contribution in [0.1, 0.15) is 12.8 Å². The van der Waals surface area contributed by atoms with Gasteiger partial charge in [0, 0.05) is 17.1 Å². The fourth-order valence-corrected chi connectivity index (χ4v) is 3.20. The van der Waals surface area contributed by atoms with Gasteiger partial charge >= 0.3 is 11.9 Å². The number of carboxylic acid groups (broad SMARTS) is 1. The molecule has 5 heteroatoms.